The van der Waals surface area contributed by atoms with Crippen molar-refractivity contribution in [2.75, 3.05) is 0 Å². The van der Waals surface area contributed by atoms with Gasteiger partial charge in [-0.3, -0.25) is 0 Å². The number of benzene rings is 8. The van der Waals surface area contributed by atoms with Crippen LogP contribution >= 0.6 is 11.3 Å². The lowest BCUT2D eigenvalue weighted by molar-refractivity contribution is 1.18. The fourth-order valence-corrected chi connectivity index (χ4v) is 11.1. The minimum atomic E-state index is -1.50. The number of hydrogen-bond donors (Lipinski definition) is 0. The molecule has 0 unspecified atom stereocenters. The summed E-state index contributed by atoms with van der Waals surface area (Å²) in [4.78, 5) is 5.20. The van der Waals surface area contributed by atoms with Crippen molar-refractivity contribution in [1.82, 2.24) is 14.1 Å². The summed E-state index contributed by atoms with van der Waals surface area (Å²) in [5.74, 6) is 0. The number of para-hydroxylation sites is 2. The quantitative estimate of drug-likeness (QED) is 0.157. The van der Waals surface area contributed by atoms with Gasteiger partial charge in [0.1, 0.15) is 5.01 Å². The van der Waals surface area contributed by atoms with E-state index in [1.807, 2.05) is 24.3 Å². The van der Waals surface area contributed by atoms with Crippen molar-refractivity contribution < 1.29 is 0 Å². The highest BCUT2D eigenvalue weighted by molar-refractivity contribution is 7.21. The topological polar surface area (TPSA) is 70.3 Å². The number of thiazole rings is 1. The minimum absolute atomic E-state index is 0.639. The molecular weight excluding hydrogens is 779 g/mol. The molecular formula is C54H37N5SSi. The molecule has 0 radical (unpaired) electrons. The van der Waals surface area contributed by atoms with Crippen LogP contribution in [0.3, 0.4) is 0 Å². The molecule has 0 atom stereocenters. The summed E-state index contributed by atoms with van der Waals surface area (Å²) in [6.45, 7) is 7.16. The lowest BCUT2D eigenvalue weighted by atomic mass is 9.96. The van der Waals surface area contributed by atoms with E-state index in [0.29, 0.717) is 11.1 Å². The molecule has 0 N–H and O–H groups in total. The van der Waals surface area contributed by atoms with Crippen LogP contribution in [0, 0.1) is 22.7 Å². The number of rotatable bonds is 6. The van der Waals surface area contributed by atoms with Crippen molar-refractivity contribution in [3.63, 3.8) is 0 Å². The number of fused-ring (bicyclic) bond motifs is 7. The second-order valence-electron chi connectivity index (χ2n) is 16.7. The van der Waals surface area contributed by atoms with Gasteiger partial charge in [-0.1, -0.05) is 104 Å². The Hall–Kier alpha value is -7.55. The van der Waals surface area contributed by atoms with Gasteiger partial charge < -0.3 is 9.13 Å². The Balaban J connectivity index is 1.04. The molecule has 0 saturated carbocycles. The molecule has 0 bridgehead atoms. The maximum atomic E-state index is 9.77. The Kier molecular flexibility index (Phi) is 8.40. The first-order valence-corrected chi connectivity index (χ1v) is 24.7. The van der Waals surface area contributed by atoms with Gasteiger partial charge in [0.2, 0.25) is 0 Å². The molecule has 7 heteroatoms. The zero-order valence-corrected chi connectivity index (χ0v) is 35.6. The van der Waals surface area contributed by atoms with Crippen molar-refractivity contribution in [2.24, 2.45) is 0 Å². The third kappa shape index (κ3) is 6.14. The minimum Gasteiger partial charge on any atom is -0.309 e. The molecule has 11 aromatic rings. The van der Waals surface area contributed by atoms with E-state index >= 15 is 0 Å². The van der Waals surface area contributed by atoms with Gasteiger partial charge in [0, 0.05) is 38.5 Å². The van der Waals surface area contributed by atoms with Gasteiger partial charge in [0.25, 0.3) is 0 Å². The van der Waals surface area contributed by atoms with Crippen LogP contribution in [0.4, 0.5) is 0 Å². The molecule has 61 heavy (non-hydrogen) atoms. The van der Waals surface area contributed by atoms with Crippen molar-refractivity contribution in [1.29, 1.82) is 10.5 Å². The Morgan fingerprint density at radius 3 is 1.43 bits per heavy atom. The summed E-state index contributed by atoms with van der Waals surface area (Å²) >= 11 is 1.76. The normalized spacial score (nSPS) is 11.8. The van der Waals surface area contributed by atoms with Gasteiger partial charge in [-0.15, -0.1) is 11.3 Å². The highest BCUT2D eigenvalue weighted by atomic mass is 32.1. The zero-order valence-electron chi connectivity index (χ0n) is 33.8. The predicted molar refractivity (Wildman–Crippen MR) is 257 cm³/mol. The molecule has 3 heterocycles. The molecule has 5 nitrogen and oxygen atoms in total. The van der Waals surface area contributed by atoms with E-state index in [1.165, 1.54) is 9.89 Å². The second kappa shape index (κ2) is 14.0. The standard InChI is InChI=1S/C54H37N5SSi/c1-61(2,3)43-22-25-48-53(31-43)60-54(57-48)40-29-38(36-14-18-41(19-15-36)58-49-10-6-4-8-44(49)46-23-12-34(32-55)26-51(46)58)28-39(30-40)37-16-20-42(21-17-37)59-50-11-7-5-9-45(50)47-24-13-35(33-56)27-52(47)59/h4-31H,1-3H3. The van der Waals surface area contributed by atoms with E-state index in [9.17, 15) is 10.5 Å². The SMILES string of the molecule is C[Si](C)(C)c1ccc2nc(-c3cc(-c4ccc(-n5c6ccccc6c6ccc(C#N)cc65)cc4)cc(-c4ccc(-n5c6ccccc6c6ccc(C#N)cc65)cc4)c3)sc2c1. The Labute approximate surface area is 358 Å². The molecule has 0 aliphatic carbocycles. The van der Waals surface area contributed by atoms with Crippen molar-refractivity contribution >= 4 is 78.4 Å². The van der Waals surface area contributed by atoms with E-state index in [0.717, 1.165) is 93.3 Å². The van der Waals surface area contributed by atoms with Gasteiger partial charge in [-0.25, -0.2) is 4.98 Å². The van der Waals surface area contributed by atoms with Crippen molar-refractivity contribution in [3.8, 4) is 56.3 Å². The largest absolute Gasteiger partial charge is 0.309 e. The molecule has 0 spiro atoms. The summed E-state index contributed by atoms with van der Waals surface area (Å²) in [5, 5.41) is 26.5. The predicted octanol–water partition coefficient (Wildman–Crippen LogP) is 13.8. The third-order valence-electron chi connectivity index (χ3n) is 12.0. The fourth-order valence-electron chi connectivity index (χ4n) is 8.84. The Bertz CT molecular complexity index is 3450. The van der Waals surface area contributed by atoms with Gasteiger partial charge in [0.15, 0.2) is 0 Å². The summed E-state index contributed by atoms with van der Waals surface area (Å²) in [5.41, 5.74) is 14.1. The summed E-state index contributed by atoms with van der Waals surface area (Å²) in [6.07, 6.45) is 0. The summed E-state index contributed by atoms with van der Waals surface area (Å²) < 4.78 is 5.73. The molecule has 0 aliphatic rings. The summed E-state index contributed by atoms with van der Waals surface area (Å²) in [7, 11) is -1.50. The maximum absolute atomic E-state index is 9.77. The smallest absolute Gasteiger partial charge is 0.124 e. The van der Waals surface area contributed by atoms with Crippen LogP contribution in [0.5, 0.6) is 0 Å². The van der Waals surface area contributed by atoms with Crippen LogP contribution < -0.4 is 5.19 Å². The van der Waals surface area contributed by atoms with E-state index in [1.54, 1.807) is 11.3 Å². The van der Waals surface area contributed by atoms with Crippen LogP contribution in [0.1, 0.15) is 11.1 Å². The molecule has 288 valence electrons. The average molecular weight is 816 g/mol. The molecule has 3 aromatic heterocycles. The van der Waals surface area contributed by atoms with Gasteiger partial charge in [-0.05, 0) is 113 Å². The van der Waals surface area contributed by atoms with Crippen LogP contribution in [-0.4, -0.2) is 22.2 Å². The number of nitrogens with zero attached hydrogens (tertiary/aromatic N) is 5. The number of aromatic nitrogens is 3. The maximum Gasteiger partial charge on any atom is 0.124 e. The zero-order chi connectivity index (χ0) is 41.4. The molecule has 0 amide bonds. The van der Waals surface area contributed by atoms with Crippen LogP contribution in [0.2, 0.25) is 19.6 Å². The van der Waals surface area contributed by atoms with Gasteiger partial charge >= 0.3 is 0 Å². The van der Waals surface area contributed by atoms with E-state index in [-0.39, 0.29) is 0 Å². The van der Waals surface area contributed by atoms with E-state index in [2.05, 4.69) is 187 Å². The third-order valence-corrected chi connectivity index (χ3v) is 15.1. The average Bonchev–Trinajstić information content (AvgIpc) is 3.98. The first-order valence-electron chi connectivity index (χ1n) is 20.4. The Morgan fingerprint density at radius 2 is 0.934 bits per heavy atom. The molecule has 0 saturated heterocycles. The molecule has 0 fully saturated rings. The Morgan fingerprint density at radius 1 is 0.459 bits per heavy atom. The first-order chi connectivity index (χ1) is 29.7. The van der Waals surface area contributed by atoms with Crippen LogP contribution in [0.25, 0.3) is 98.0 Å². The summed E-state index contributed by atoms with van der Waals surface area (Å²) in [6, 6.07) is 64.6. The first kappa shape index (κ1) is 36.5. The second-order valence-corrected chi connectivity index (χ2v) is 22.8. The monoisotopic (exact) mass is 815 g/mol. The van der Waals surface area contributed by atoms with Crippen LogP contribution in [0.15, 0.2) is 170 Å². The molecule has 11 rings (SSSR count). The lowest BCUT2D eigenvalue weighted by Gasteiger charge is -2.15. The van der Waals surface area contributed by atoms with Gasteiger partial charge in [-0.2, -0.15) is 10.5 Å². The lowest BCUT2D eigenvalue weighted by Crippen LogP contribution is -2.37. The highest BCUT2D eigenvalue weighted by Crippen LogP contribution is 2.39. The molecule has 8 aromatic carbocycles. The van der Waals surface area contributed by atoms with Crippen molar-refractivity contribution in [2.45, 2.75) is 19.6 Å². The van der Waals surface area contributed by atoms with E-state index < -0.39 is 8.07 Å². The number of nitriles is 2. The fraction of sp³-hybridized carbons (Fsp3) is 0.0556. The van der Waals surface area contributed by atoms with E-state index in [4.69, 9.17) is 4.98 Å². The van der Waals surface area contributed by atoms with Crippen molar-refractivity contribution in [3.05, 3.63) is 181 Å². The van der Waals surface area contributed by atoms with Gasteiger partial charge in [0.05, 0.1) is 63.6 Å². The van der Waals surface area contributed by atoms with Crippen LogP contribution in [-0.2, 0) is 0 Å². The highest BCUT2D eigenvalue weighted by Gasteiger charge is 2.19. The molecule has 0 aliphatic heterocycles. The number of hydrogen-bond acceptors (Lipinski definition) is 4.